The van der Waals surface area contributed by atoms with E-state index in [2.05, 4.69) is 17.2 Å². The van der Waals surface area contributed by atoms with E-state index in [0.29, 0.717) is 40.8 Å². The van der Waals surface area contributed by atoms with E-state index in [0.717, 1.165) is 23.1 Å². The Labute approximate surface area is 208 Å². The fraction of sp³-hybridized carbons (Fsp3) is 0.231. The van der Waals surface area contributed by atoms with E-state index in [1.807, 2.05) is 24.3 Å². The first kappa shape index (κ1) is 23.5. The van der Waals surface area contributed by atoms with Crippen LogP contribution in [0.5, 0.6) is 5.75 Å². The molecule has 0 radical (unpaired) electrons. The number of phenolic OH excluding ortho intramolecular Hbond substituents is 1. The number of thiazole rings is 1. The van der Waals surface area contributed by atoms with E-state index in [1.54, 1.807) is 12.1 Å². The maximum Gasteiger partial charge on any atom is 0.255 e. The zero-order valence-electron chi connectivity index (χ0n) is 19.1. The number of hydrogen-bond acceptors (Lipinski definition) is 6. The molecule has 0 aliphatic carbocycles. The molecule has 0 bridgehead atoms. The van der Waals surface area contributed by atoms with E-state index in [9.17, 15) is 18.3 Å². The van der Waals surface area contributed by atoms with Crippen LogP contribution in [0, 0.1) is 5.92 Å². The van der Waals surface area contributed by atoms with Gasteiger partial charge in [-0.1, -0.05) is 19.1 Å². The van der Waals surface area contributed by atoms with E-state index >= 15 is 0 Å². The molecule has 2 heterocycles. The summed E-state index contributed by atoms with van der Waals surface area (Å²) >= 11 is 1.46. The number of nitrogens with one attached hydrogen (secondary N) is 1. The van der Waals surface area contributed by atoms with E-state index < -0.39 is 10.0 Å². The van der Waals surface area contributed by atoms with Gasteiger partial charge in [-0.15, -0.1) is 11.3 Å². The zero-order valence-corrected chi connectivity index (χ0v) is 20.8. The third-order valence-corrected chi connectivity index (χ3v) is 9.10. The van der Waals surface area contributed by atoms with E-state index in [4.69, 9.17) is 0 Å². The zero-order chi connectivity index (χ0) is 24.6. The lowest BCUT2D eigenvalue weighted by Gasteiger charge is -2.30. The number of carbonyl (C=O) groups is 1. The van der Waals surface area contributed by atoms with Gasteiger partial charge < -0.3 is 10.4 Å². The van der Waals surface area contributed by atoms with Crippen molar-refractivity contribution in [3.8, 4) is 16.3 Å². The van der Waals surface area contributed by atoms with Crippen LogP contribution in [0.25, 0.3) is 20.8 Å². The summed E-state index contributed by atoms with van der Waals surface area (Å²) in [5, 5.41) is 13.9. The number of aromatic nitrogens is 1. The minimum Gasteiger partial charge on any atom is -0.507 e. The molecule has 7 nitrogen and oxygen atoms in total. The van der Waals surface area contributed by atoms with Crippen LogP contribution < -0.4 is 5.32 Å². The SMILES string of the molecule is C[C@@H]1CCCN(S(=O)(=O)c2ccc(C(=O)Nc3ccc(O)c(-c4nc5ccccc5s4)c3)cc2)C1. The molecular formula is C26H25N3O4S2. The monoisotopic (exact) mass is 507 g/mol. The van der Waals surface area contributed by atoms with Gasteiger partial charge in [0.2, 0.25) is 10.0 Å². The largest absolute Gasteiger partial charge is 0.507 e. The summed E-state index contributed by atoms with van der Waals surface area (Å²) in [6.07, 6.45) is 1.88. The highest BCUT2D eigenvalue weighted by Crippen LogP contribution is 2.36. The van der Waals surface area contributed by atoms with Gasteiger partial charge in [0.25, 0.3) is 5.91 Å². The van der Waals surface area contributed by atoms with E-state index in [-0.39, 0.29) is 16.6 Å². The molecule has 5 rings (SSSR count). The van der Waals surface area contributed by atoms with Gasteiger partial charge in [-0.2, -0.15) is 4.31 Å². The summed E-state index contributed by atoms with van der Waals surface area (Å²) in [7, 11) is -3.58. The first-order valence-corrected chi connectivity index (χ1v) is 13.7. The van der Waals surface area contributed by atoms with Gasteiger partial charge in [-0.05, 0) is 73.4 Å². The third kappa shape index (κ3) is 4.80. The Morgan fingerprint density at radius 1 is 1.11 bits per heavy atom. The van der Waals surface area contributed by atoms with Crippen molar-refractivity contribution in [1.29, 1.82) is 0 Å². The second-order valence-corrected chi connectivity index (χ2v) is 11.8. The molecule has 0 unspecified atom stereocenters. The standard InChI is InChI=1S/C26H25N3O4S2/c1-17-5-4-14-29(16-17)35(32,33)20-11-8-18(9-12-20)25(31)27-19-10-13-23(30)21(15-19)26-28-22-6-2-3-7-24(22)34-26/h2-3,6-13,15,17,30H,4-5,14,16H2,1H3,(H,27,31)/t17-/m1/s1. The van der Waals surface area contributed by atoms with Gasteiger partial charge in [0.15, 0.2) is 0 Å². The van der Waals surface area contributed by atoms with Crippen molar-refractivity contribution in [3.63, 3.8) is 0 Å². The fourth-order valence-corrected chi connectivity index (χ4v) is 6.86. The molecule has 1 aromatic heterocycles. The summed E-state index contributed by atoms with van der Waals surface area (Å²) in [5.74, 6) is 0.0340. The second-order valence-electron chi connectivity index (χ2n) is 8.81. The molecule has 1 amide bonds. The average molecular weight is 508 g/mol. The van der Waals surface area contributed by atoms with Crippen LogP contribution in [0.1, 0.15) is 30.1 Å². The van der Waals surface area contributed by atoms with E-state index in [1.165, 1.54) is 46.0 Å². The summed E-state index contributed by atoms with van der Waals surface area (Å²) in [4.78, 5) is 17.6. The number of rotatable bonds is 5. The number of piperidine rings is 1. The molecule has 1 aliphatic heterocycles. The Morgan fingerprint density at radius 2 is 1.89 bits per heavy atom. The van der Waals surface area contributed by atoms with Crippen LogP contribution >= 0.6 is 11.3 Å². The highest BCUT2D eigenvalue weighted by atomic mass is 32.2. The number of fused-ring (bicyclic) bond motifs is 1. The number of amides is 1. The number of carbonyl (C=O) groups excluding carboxylic acids is 1. The predicted molar refractivity (Wildman–Crippen MR) is 138 cm³/mol. The maximum absolute atomic E-state index is 13.0. The molecule has 1 saturated heterocycles. The predicted octanol–water partition coefficient (Wildman–Crippen LogP) is 5.34. The van der Waals surface area contributed by atoms with Gasteiger partial charge in [-0.25, -0.2) is 13.4 Å². The molecule has 1 aliphatic rings. The quantitative estimate of drug-likeness (QED) is 0.355. The van der Waals surface area contributed by atoms with Crippen LogP contribution in [0.4, 0.5) is 5.69 Å². The van der Waals surface area contributed by atoms with Crippen molar-refractivity contribution in [3.05, 3.63) is 72.3 Å². The summed E-state index contributed by atoms with van der Waals surface area (Å²) in [5.41, 5.74) is 2.21. The number of para-hydroxylation sites is 1. The lowest BCUT2D eigenvalue weighted by Crippen LogP contribution is -2.39. The van der Waals surface area contributed by atoms with Gasteiger partial charge >= 0.3 is 0 Å². The van der Waals surface area contributed by atoms with Crippen molar-refractivity contribution < 1.29 is 18.3 Å². The van der Waals surface area contributed by atoms with Crippen LogP contribution in [-0.2, 0) is 10.0 Å². The minimum absolute atomic E-state index is 0.0728. The third-order valence-electron chi connectivity index (χ3n) is 6.15. The molecule has 2 N–H and O–H groups in total. The highest BCUT2D eigenvalue weighted by Gasteiger charge is 2.28. The molecule has 1 fully saturated rings. The number of aromatic hydroxyl groups is 1. The van der Waals surface area contributed by atoms with Crippen molar-refractivity contribution in [2.75, 3.05) is 18.4 Å². The molecule has 0 spiro atoms. The van der Waals surface area contributed by atoms with Gasteiger partial charge in [0.1, 0.15) is 10.8 Å². The van der Waals surface area contributed by atoms with Crippen LogP contribution in [0.15, 0.2) is 71.6 Å². The first-order chi connectivity index (χ1) is 16.8. The Kier molecular flexibility index (Phi) is 6.31. The van der Waals surface area contributed by atoms with Gasteiger partial charge in [0, 0.05) is 24.3 Å². The number of hydrogen-bond donors (Lipinski definition) is 2. The highest BCUT2D eigenvalue weighted by molar-refractivity contribution is 7.89. The molecule has 4 aromatic rings. The lowest BCUT2D eigenvalue weighted by molar-refractivity contribution is 0.102. The summed E-state index contributed by atoms with van der Waals surface area (Å²) < 4.78 is 28.5. The average Bonchev–Trinajstić information content (AvgIpc) is 3.29. The summed E-state index contributed by atoms with van der Waals surface area (Å²) in [6.45, 7) is 3.09. The van der Waals surface area contributed by atoms with Crippen molar-refractivity contribution in [1.82, 2.24) is 9.29 Å². The molecule has 1 atom stereocenters. The van der Waals surface area contributed by atoms with Crippen LogP contribution in [0.2, 0.25) is 0 Å². The maximum atomic E-state index is 13.0. The lowest BCUT2D eigenvalue weighted by atomic mass is 10.0. The second kappa shape index (κ2) is 9.41. The molecule has 180 valence electrons. The molecule has 9 heteroatoms. The Bertz CT molecular complexity index is 1460. The van der Waals surface area contributed by atoms with Crippen molar-refractivity contribution in [2.45, 2.75) is 24.7 Å². The number of sulfonamides is 1. The topological polar surface area (TPSA) is 99.6 Å². The normalized spacial score (nSPS) is 16.9. The Morgan fingerprint density at radius 3 is 2.63 bits per heavy atom. The van der Waals surface area contributed by atoms with Crippen LogP contribution in [-0.4, -0.2) is 41.8 Å². The first-order valence-electron chi connectivity index (χ1n) is 11.4. The molecule has 0 saturated carbocycles. The molecular weight excluding hydrogens is 482 g/mol. The molecule has 3 aromatic carbocycles. The Hall–Kier alpha value is -3.27. The number of anilines is 1. The number of phenols is 1. The van der Waals surface area contributed by atoms with Gasteiger partial charge in [0.05, 0.1) is 20.7 Å². The fourth-order valence-electron chi connectivity index (χ4n) is 4.27. The summed E-state index contributed by atoms with van der Waals surface area (Å²) in [6, 6.07) is 18.5. The van der Waals surface area contributed by atoms with Gasteiger partial charge in [-0.3, -0.25) is 4.79 Å². The van der Waals surface area contributed by atoms with Crippen molar-refractivity contribution >= 4 is 43.2 Å². The Balaban J connectivity index is 1.34. The molecule has 35 heavy (non-hydrogen) atoms. The van der Waals surface area contributed by atoms with Crippen molar-refractivity contribution in [2.24, 2.45) is 5.92 Å². The smallest absolute Gasteiger partial charge is 0.255 e. The number of nitrogens with zero attached hydrogens (tertiary/aromatic N) is 2. The van der Waals surface area contributed by atoms with Crippen LogP contribution in [0.3, 0.4) is 0 Å². The minimum atomic E-state index is -3.58. The number of benzene rings is 3.